The van der Waals surface area contributed by atoms with Crippen LogP contribution < -0.4 is 13.2 Å². The van der Waals surface area contributed by atoms with Gasteiger partial charge in [-0.2, -0.15) is 0 Å². The third kappa shape index (κ3) is 4.92. The molecule has 2 heterocycles. The quantitative estimate of drug-likeness (QED) is 0.134. The normalized spacial score (nSPS) is 12.4. The van der Waals surface area contributed by atoms with Gasteiger partial charge in [-0.1, -0.05) is 0 Å². The first-order valence-electron chi connectivity index (χ1n) is 11.7. The van der Waals surface area contributed by atoms with Crippen molar-refractivity contribution in [2.24, 2.45) is 10.2 Å². The van der Waals surface area contributed by atoms with E-state index in [9.17, 15) is 0 Å². The molecular weight excluding hydrogens is 507 g/mol. The van der Waals surface area contributed by atoms with Crippen molar-refractivity contribution in [2.75, 3.05) is 0 Å². The number of benzene rings is 3. The Morgan fingerprint density at radius 1 is 0.667 bits per heavy atom. The molecule has 5 rings (SSSR count). The van der Waals surface area contributed by atoms with Gasteiger partial charge in [-0.25, -0.2) is 0 Å². The molecule has 0 fully saturated rings. The van der Waals surface area contributed by atoms with Gasteiger partial charge in [0, 0.05) is 0 Å². The van der Waals surface area contributed by atoms with Gasteiger partial charge in [0.25, 0.3) is 0 Å². The summed E-state index contributed by atoms with van der Waals surface area (Å²) in [5.41, 5.74) is 1.46. The number of hydrogen-bond donors (Lipinski definition) is 0. The van der Waals surface area contributed by atoms with Crippen molar-refractivity contribution in [1.82, 2.24) is 4.98 Å². The Morgan fingerprint density at radius 2 is 1.19 bits per heavy atom. The van der Waals surface area contributed by atoms with E-state index in [1.54, 1.807) is 18.7 Å². The molecule has 0 aliphatic rings. The molecule has 0 bridgehead atoms. The summed E-state index contributed by atoms with van der Waals surface area (Å²) in [5.74, 6) is 1.11. The van der Waals surface area contributed by atoms with Crippen LogP contribution in [0.25, 0.3) is 0 Å². The molecule has 176 valence electrons. The van der Waals surface area contributed by atoms with Crippen LogP contribution in [0.5, 0.6) is 0 Å². The predicted molar refractivity (Wildman–Crippen MR) is 147 cm³/mol. The molecule has 0 unspecified atom stereocenters. The van der Waals surface area contributed by atoms with Gasteiger partial charge in [-0.05, 0) is 0 Å². The van der Waals surface area contributed by atoms with Crippen molar-refractivity contribution in [3.8, 4) is 0 Å². The summed E-state index contributed by atoms with van der Waals surface area (Å²) in [6.45, 7) is 1.87. The summed E-state index contributed by atoms with van der Waals surface area (Å²) >= 11 is -3.77. The van der Waals surface area contributed by atoms with Crippen molar-refractivity contribution in [3.63, 3.8) is 0 Å². The Hall–Kier alpha value is -4.23. The molecule has 0 aliphatic heterocycles. The standard InChI is InChI=1S/C30H25GeN3O2/c1-24(29-18-11-23-35-29)33-34-30(25-19-21-32-22-20-25)36-31(26-12-5-2-6-13-26,27-14-7-3-8-15-27)28-16-9-4-10-17-28/h2-23H,1H3/b33-24+,34-30-. The van der Waals surface area contributed by atoms with Gasteiger partial charge in [-0.3, -0.25) is 0 Å². The molecule has 5 aromatic rings. The Morgan fingerprint density at radius 3 is 1.67 bits per heavy atom. The Balaban J connectivity index is 1.74. The van der Waals surface area contributed by atoms with E-state index in [-0.39, 0.29) is 0 Å². The van der Waals surface area contributed by atoms with Crippen molar-refractivity contribution in [2.45, 2.75) is 6.92 Å². The van der Waals surface area contributed by atoms with Gasteiger partial charge in [0.1, 0.15) is 0 Å². The van der Waals surface area contributed by atoms with Crippen molar-refractivity contribution >= 4 is 38.4 Å². The average molecular weight is 532 g/mol. The molecule has 36 heavy (non-hydrogen) atoms. The summed E-state index contributed by atoms with van der Waals surface area (Å²) in [6.07, 6.45) is 5.10. The molecule has 5 nitrogen and oxygen atoms in total. The fourth-order valence-corrected chi connectivity index (χ4v) is 12.1. The van der Waals surface area contributed by atoms with Crippen LogP contribution in [0.4, 0.5) is 0 Å². The Bertz CT molecular complexity index is 1340. The summed E-state index contributed by atoms with van der Waals surface area (Å²) in [5, 5.41) is 9.16. The molecule has 0 aliphatic carbocycles. The molecule has 0 amide bonds. The second-order valence-electron chi connectivity index (χ2n) is 8.19. The van der Waals surface area contributed by atoms with Gasteiger partial charge in [-0.15, -0.1) is 0 Å². The van der Waals surface area contributed by atoms with E-state index < -0.39 is 13.6 Å². The SMILES string of the molecule is C/C(=N\N=C(/[O][Ge]([c]1ccccc1)([c]1ccccc1)[c]1ccccc1)c1ccncc1)c1ccco1. The molecule has 0 atom stereocenters. The van der Waals surface area contributed by atoms with Gasteiger partial charge >= 0.3 is 214 Å². The van der Waals surface area contributed by atoms with E-state index >= 15 is 0 Å². The molecule has 3 aromatic carbocycles. The second kappa shape index (κ2) is 11.0. The number of nitrogens with zero attached hydrogens (tertiary/aromatic N) is 3. The first-order valence-corrected chi connectivity index (χ1v) is 15.7. The van der Waals surface area contributed by atoms with E-state index in [0.717, 1.165) is 18.8 Å². The fourth-order valence-electron chi connectivity index (χ4n) is 4.13. The van der Waals surface area contributed by atoms with Gasteiger partial charge in [0.2, 0.25) is 0 Å². The van der Waals surface area contributed by atoms with Crippen LogP contribution in [0.3, 0.4) is 0 Å². The van der Waals surface area contributed by atoms with E-state index in [4.69, 9.17) is 8.18 Å². The number of hydrogen-bond acceptors (Lipinski definition) is 5. The van der Waals surface area contributed by atoms with E-state index in [2.05, 4.69) is 88.0 Å². The van der Waals surface area contributed by atoms with E-state index in [1.165, 1.54) is 0 Å². The van der Waals surface area contributed by atoms with Crippen LogP contribution in [0.1, 0.15) is 18.2 Å². The monoisotopic (exact) mass is 533 g/mol. The van der Waals surface area contributed by atoms with Crippen LogP contribution >= 0.6 is 0 Å². The average Bonchev–Trinajstić information content (AvgIpc) is 3.51. The van der Waals surface area contributed by atoms with Crippen LogP contribution in [0.2, 0.25) is 0 Å². The Labute approximate surface area is 213 Å². The third-order valence-electron chi connectivity index (χ3n) is 5.89. The minimum atomic E-state index is -3.77. The molecule has 2 aromatic heterocycles. The molecule has 0 saturated carbocycles. The summed E-state index contributed by atoms with van der Waals surface area (Å²) < 4.78 is 16.2. The number of rotatable bonds is 7. The maximum absolute atomic E-state index is 7.22. The van der Waals surface area contributed by atoms with Crippen LogP contribution in [-0.2, 0) is 3.76 Å². The fraction of sp³-hybridized carbons (Fsp3) is 0.0333. The van der Waals surface area contributed by atoms with Crippen molar-refractivity contribution in [3.05, 3.63) is 145 Å². The van der Waals surface area contributed by atoms with Gasteiger partial charge < -0.3 is 0 Å². The zero-order valence-electron chi connectivity index (χ0n) is 19.9. The van der Waals surface area contributed by atoms with E-state index in [1.807, 2.05) is 49.4 Å². The summed E-state index contributed by atoms with van der Waals surface area (Å²) in [6, 6.07) is 38.9. The summed E-state index contributed by atoms with van der Waals surface area (Å²) in [4.78, 5) is 4.19. The molecule has 0 saturated heterocycles. The van der Waals surface area contributed by atoms with Crippen molar-refractivity contribution in [1.29, 1.82) is 0 Å². The number of aromatic nitrogens is 1. The second-order valence-corrected chi connectivity index (χ2v) is 15.1. The van der Waals surface area contributed by atoms with Crippen LogP contribution in [0.15, 0.2) is 149 Å². The zero-order valence-corrected chi connectivity index (χ0v) is 22.0. The first kappa shape index (κ1) is 23.5. The summed E-state index contributed by atoms with van der Waals surface area (Å²) in [7, 11) is 0. The minimum absolute atomic E-state index is 0.444. The first-order chi connectivity index (χ1) is 17.8. The molecular formula is C30H25GeN3O2. The number of furan rings is 1. The van der Waals surface area contributed by atoms with Crippen molar-refractivity contribution < 1.29 is 8.18 Å². The van der Waals surface area contributed by atoms with Crippen LogP contribution in [0, 0.1) is 0 Å². The molecule has 0 N–H and O–H groups in total. The number of pyridine rings is 1. The Kier molecular flexibility index (Phi) is 7.19. The molecule has 0 spiro atoms. The molecule has 0 radical (unpaired) electrons. The topological polar surface area (TPSA) is 60.0 Å². The van der Waals surface area contributed by atoms with Gasteiger partial charge in [0.15, 0.2) is 0 Å². The molecule has 6 heteroatoms. The van der Waals surface area contributed by atoms with Crippen LogP contribution in [-0.4, -0.2) is 30.2 Å². The van der Waals surface area contributed by atoms with E-state index in [0.29, 0.717) is 17.4 Å². The maximum atomic E-state index is 7.22. The third-order valence-corrected chi connectivity index (χ3v) is 14.2. The predicted octanol–water partition coefficient (Wildman–Crippen LogP) is 4.53. The zero-order chi connectivity index (χ0) is 24.6. The van der Waals surface area contributed by atoms with Gasteiger partial charge in [0.05, 0.1) is 0 Å².